The number of halogens is 1. The molecule has 2 unspecified atom stereocenters. The molecule has 4 aliphatic carbocycles. The van der Waals surface area contributed by atoms with Crippen molar-refractivity contribution in [1.29, 1.82) is 0 Å². The molecular formula is C26H29BrN6O3. The van der Waals surface area contributed by atoms with Crippen molar-refractivity contribution in [3.05, 3.63) is 68.4 Å². The highest BCUT2D eigenvalue weighted by molar-refractivity contribution is 9.10. The first kappa shape index (κ1) is 23.4. The van der Waals surface area contributed by atoms with E-state index in [1.54, 1.807) is 6.20 Å². The Morgan fingerprint density at radius 2 is 1.94 bits per heavy atom. The number of aryl methyl sites for hydroxylation is 1. The fourth-order valence-electron chi connectivity index (χ4n) is 7.59. The van der Waals surface area contributed by atoms with E-state index in [-0.39, 0.29) is 22.7 Å². The third-order valence-electron chi connectivity index (χ3n) is 8.50. The molecule has 0 aliphatic heterocycles. The molecule has 9 nitrogen and oxygen atoms in total. The van der Waals surface area contributed by atoms with E-state index in [0.29, 0.717) is 35.1 Å². The lowest BCUT2D eigenvalue weighted by atomic mass is 9.46. The summed E-state index contributed by atoms with van der Waals surface area (Å²) in [6, 6.07) is 10.1. The van der Waals surface area contributed by atoms with E-state index in [1.165, 1.54) is 17.5 Å². The van der Waals surface area contributed by atoms with E-state index in [1.807, 2.05) is 33.8 Å². The van der Waals surface area contributed by atoms with Gasteiger partial charge in [-0.25, -0.2) is 0 Å². The number of hydrogen-bond acceptors (Lipinski definition) is 5. The molecule has 4 saturated carbocycles. The molecule has 188 valence electrons. The van der Waals surface area contributed by atoms with Crippen LogP contribution >= 0.6 is 15.9 Å². The van der Waals surface area contributed by atoms with E-state index in [4.69, 9.17) is 0 Å². The monoisotopic (exact) mass is 552 g/mol. The van der Waals surface area contributed by atoms with Gasteiger partial charge in [0.05, 0.1) is 23.4 Å². The molecule has 1 N–H and O–H groups in total. The summed E-state index contributed by atoms with van der Waals surface area (Å²) in [7, 11) is 0. The van der Waals surface area contributed by atoms with Crippen LogP contribution in [-0.2, 0) is 16.9 Å². The third-order valence-corrected chi connectivity index (χ3v) is 9.06. The average Bonchev–Trinajstić information content (AvgIpc) is 3.40. The maximum Gasteiger partial charge on any atom is 0.404 e. The van der Waals surface area contributed by atoms with E-state index in [2.05, 4.69) is 50.5 Å². The SMILES string of the molecule is Cc1ccccc1Cn1ccc(NC(=O)CC23CC4CC(C2)CC(n2cc(Br)c([N+](=O)[O-])n2)(C4)C3)n1. The number of rotatable bonds is 7. The van der Waals surface area contributed by atoms with Crippen molar-refractivity contribution in [2.24, 2.45) is 17.3 Å². The van der Waals surface area contributed by atoms with Crippen LogP contribution in [0, 0.1) is 34.3 Å². The summed E-state index contributed by atoms with van der Waals surface area (Å²) in [5.41, 5.74) is 2.05. The van der Waals surface area contributed by atoms with Gasteiger partial charge in [0.1, 0.15) is 4.47 Å². The van der Waals surface area contributed by atoms with Crippen molar-refractivity contribution in [2.45, 2.75) is 64.0 Å². The molecule has 2 heterocycles. The maximum absolute atomic E-state index is 13.2. The van der Waals surface area contributed by atoms with Gasteiger partial charge in [0.25, 0.3) is 0 Å². The molecule has 10 heteroatoms. The number of nitrogens with one attached hydrogen (secondary N) is 1. The summed E-state index contributed by atoms with van der Waals surface area (Å²) in [6.07, 6.45) is 10.1. The van der Waals surface area contributed by atoms with Crippen molar-refractivity contribution >= 4 is 33.5 Å². The number of aromatic nitrogens is 4. The van der Waals surface area contributed by atoms with Gasteiger partial charge in [-0.1, -0.05) is 24.3 Å². The fourth-order valence-corrected chi connectivity index (χ4v) is 8.01. The lowest BCUT2D eigenvalue weighted by Gasteiger charge is -2.61. The van der Waals surface area contributed by atoms with Crippen molar-refractivity contribution in [3.8, 4) is 0 Å². The maximum atomic E-state index is 13.2. The second-order valence-electron chi connectivity index (χ2n) is 11.2. The van der Waals surface area contributed by atoms with Crippen LogP contribution in [0.1, 0.15) is 56.1 Å². The van der Waals surface area contributed by atoms with Gasteiger partial charge in [-0.05, 0) is 94.7 Å². The number of nitro groups is 1. The second-order valence-corrected chi connectivity index (χ2v) is 12.1. The highest BCUT2D eigenvalue weighted by Crippen LogP contribution is 2.65. The minimum absolute atomic E-state index is 0.0131. The van der Waals surface area contributed by atoms with E-state index in [0.717, 1.165) is 32.1 Å². The Kier molecular flexibility index (Phi) is 5.55. The summed E-state index contributed by atoms with van der Waals surface area (Å²) in [6.45, 7) is 2.74. The van der Waals surface area contributed by atoms with Crippen LogP contribution in [0.2, 0.25) is 0 Å². The van der Waals surface area contributed by atoms with Crippen LogP contribution in [0.15, 0.2) is 47.2 Å². The lowest BCUT2D eigenvalue weighted by molar-refractivity contribution is -0.390. The number of carbonyl (C=O) groups excluding carboxylic acids is 1. The van der Waals surface area contributed by atoms with Gasteiger partial charge in [0, 0.05) is 18.7 Å². The summed E-state index contributed by atoms with van der Waals surface area (Å²) < 4.78 is 4.10. The Morgan fingerprint density at radius 1 is 1.19 bits per heavy atom. The van der Waals surface area contributed by atoms with E-state index in [9.17, 15) is 14.9 Å². The largest absolute Gasteiger partial charge is 0.404 e. The minimum atomic E-state index is -0.442. The van der Waals surface area contributed by atoms with Crippen molar-refractivity contribution in [1.82, 2.24) is 19.6 Å². The summed E-state index contributed by atoms with van der Waals surface area (Å²) in [5, 5.41) is 23.4. The van der Waals surface area contributed by atoms with Gasteiger partial charge in [0.15, 0.2) is 5.82 Å². The fraction of sp³-hybridized carbons (Fsp3) is 0.500. The summed E-state index contributed by atoms with van der Waals surface area (Å²) in [4.78, 5) is 24.2. The first-order chi connectivity index (χ1) is 17.2. The third kappa shape index (κ3) is 4.15. The first-order valence-electron chi connectivity index (χ1n) is 12.5. The Morgan fingerprint density at radius 3 is 2.64 bits per heavy atom. The first-order valence-corrected chi connectivity index (χ1v) is 13.3. The van der Waals surface area contributed by atoms with Crippen LogP contribution in [0.4, 0.5) is 11.6 Å². The number of hydrogen-bond donors (Lipinski definition) is 1. The smallest absolute Gasteiger partial charge is 0.358 e. The molecule has 1 amide bonds. The topological polar surface area (TPSA) is 108 Å². The summed E-state index contributed by atoms with van der Waals surface area (Å²) in [5.74, 6) is 1.46. The zero-order valence-electron chi connectivity index (χ0n) is 20.2. The highest BCUT2D eigenvalue weighted by Gasteiger charge is 2.60. The normalized spacial score (nSPS) is 28.4. The Labute approximate surface area is 217 Å². The number of carbonyl (C=O) groups is 1. The molecule has 4 bridgehead atoms. The Hall–Kier alpha value is -3.01. The van der Waals surface area contributed by atoms with Crippen molar-refractivity contribution < 1.29 is 9.72 Å². The lowest BCUT2D eigenvalue weighted by Crippen LogP contribution is -2.57. The number of nitrogens with zero attached hydrogens (tertiary/aromatic N) is 5. The van der Waals surface area contributed by atoms with Crippen LogP contribution in [0.25, 0.3) is 0 Å². The van der Waals surface area contributed by atoms with Gasteiger partial charge < -0.3 is 15.4 Å². The van der Waals surface area contributed by atoms with Crippen LogP contribution in [0.5, 0.6) is 0 Å². The van der Waals surface area contributed by atoms with Crippen LogP contribution < -0.4 is 5.32 Å². The molecule has 3 aromatic rings. The second kappa shape index (κ2) is 8.54. The molecule has 1 aromatic carbocycles. The summed E-state index contributed by atoms with van der Waals surface area (Å²) >= 11 is 3.32. The number of benzene rings is 1. The van der Waals surface area contributed by atoms with E-state index >= 15 is 0 Å². The molecule has 0 saturated heterocycles. The molecule has 2 aromatic heterocycles. The molecule has 0 radical (unpaired) electrons. The van der Waals surface area contributed by atoms with Gasteiger partial charge in [-0.2, -0.15) is 9.78 Å². The average molecular weight is 553 g/mol. The standard InChI is InChI=1S/C26H29BrN6O3/c1-17-4-2-3-5-20(17)14-31-7-6-22(29-31)28-23(34)13-25-9-18-8-19(10-25)12-26(11-18,16-25)32-15-21(27)24(30-32)33(35)36/h2-7,15,18-19H,8-14,16H2,1H3,(H,28,29,34). The van der Waals surface area contributed by atoms with Crippen molar-refractivity contribution in [3.63, 3.8) is 0 Å². The van der Waals surface area contributed by atoms with Gasteiger partial charge in [-0.3, -0.25) is 9.48 Å². The highest BCUT2D eigenvalue weighted by atomic mass is 79.9. The van der Waals surface area contributed by atoms with Gasteiger partial charge in [-0.15, -0.1) is 0 Å². The minimum Gasteiger partial charge on any atom is -0.358 e. The number of amides is 1. The van der Waals surface area contributed by atoms with Gasteiger partial charge >= 0.3 is 5.82 Å². The molecule has 4 fully saturated rings. The zero-order valence-corrected chi connectivity index (χ0v) is 21.8. The predicted octanol–water partition coefficient (Wildman–Crippen LogP) is 5.43. The van der Waals surface area contributed by atoms with Crippen LogP contribution in [0.3, 0.4) is 0 Å². The molecule has 0 spiro atoms. The Balaban J connectivity index is 1.17. The predicted molar refractivity (Wildman–Crippen MR) is 137 cm³/mol. The van der Waals surface area contributed by atoms with E-state index < -0.39 is 4.92 Å². The molecule has 7 rings (SSSR count). The quantitative estimate of drug-likeness (QED) is 0.310. The molecule has 4 aliphatic rings. The number of anilines is 1. The molecular weight excluding hydrogens is 524 g/mol. The molecule has 36 heavy (non-hydrogen) atoms. The Bertz CT molecular complexity index is 1330. The van der Waals surface area contributed by atoms with Gasteiger partial charge in [0.2, 0.25) is 5.91 Å². The molecule has 2 atom stereocenters. The zero-order chi connectivity index (χ0) is 25.1. The van der Waals surface area contributed by atoms with Crippen LogP contribution in [-0.4, -0.2) is 30.4 Å². The van der Waals surface area contributed by atoms with Crippen molar-refractivity contribution in [2.75, 3.05) is 5.32 Å².